The number of carbonyl (C=O) groups excluding carboxylic acids is 1. The van der Waals surface area contributed by atoms with Crippen molar-refractivity contribution in [2.45, 2.75) is 20.8 Å². The van der Waals surface area contributed by atoms with Crippen molar-refractivity contribution in [3.8, 4) is 0 Å². The van der Waals surface area contributed by atoms with Crippen LogP contribution in [0.1, 0.15) is 31.3 Å². The van der Waals surface area contributed by atoms with Gasteiger partial charge in [-0.25, -0.2) is 0 Å². The molecular formula is C10H14O2. The molecule has 1 unspecified atom stereocenters. The van der Waals surface area contributed by atoms with E-state index in [1.165, 1.54) is 6.26 Å². The fraction of sp³-hybridized carbons (Fsp3) is 0.500. The lowest BCUT2D eigenvalue weighted by molar-refractivity contribution is 0.0871. The molecule has 1 atom stereocenters. The minimum Gasteiger partial charge on any atom is -0.461 e. The topological polar surface area (TPSA) is 30.2 Å². The van der Waals surface area contributed by atoms with Crippen LogP contribution in [0.25, 0.3) is 0 Å². The maximum atomic E-state index is 11.6. The Balaban J connectivity index is 2.72. The van der Waals surface area contributed by atoms with Gasteiger partial charge in [0.05, 0.1) is 6.26 Å². The van der Waals surface area contributed by atoms with E-state index in [0.29, 0.717) is 11.7 Å². The molecule has 12 heavy (non-hydrogen) atoms. The molecule has 1 aromatic rings. The minimum atomic E-state index is 0.0381. The van der Waals surface area contributed by atoms with Crippen LogP contribution in [0.3, 0.4) is 0 Å². The van der Waals surface area contributed by atoms with Crippen molar-refractivity contribution in [1.82, 2.24) is 0 Å². The molecule has 0 spiro atoms. The summed E-state index contributed by atoms with van der Waals surface area (Å²) in [6, 6.07) is 3.45. The zero-order valence-corrected chi connectivity index (χ0v) is 7.70. The quantitative estimate of drug-likeness (QED) is 0.646. The van der Waals surface area contributed by atoms with E-state index in [2.05, 4.69) is 0 Å². The number of furan rings is 1. The molecule has 2 nitrogen and oxygen atoms in total. The van der Waals surface area contributed by atoms with Crippen molar-refractivity contribution in [3.63, 3.8) is 0 Å². The van der Waals surface area contributed by atoms with Crippen molar-refractivity contribution in [3.05, 3.63) is 24.2 Å². The number of carbonyl (C=O) groups is 1. The van der Waals surface area contributed by atoms with E-state index in [1.54, 1.807) is 12.1 Å². The molecule has 0 bridgehead atoms. The van der Waals surface area contributed by atoms with Crippen LogP contribution in [0.15, 0.2) is 22.8 Å². The van der Waals surface area contributed by atoms with Crippen LogP contribution in [0.5, 0.6) is 0 Å². The molecule has 0 aliphatic rings. The lowest BCUT2D eigenvalue weighted by atomic mass is 9.92. The van der Waals surface area contributed by atoms with Crippen LogP contribution in [-0.2, 0) is 0 Å². The van der Waals surface area contributed by atoms with Gasteiger partial charge in [-0.15, -0.1) is 0 Å². The van der Waals surface area contributed by atoms with Gasteiger partial charge in [0, 0.05) is 5.92 Å². The smallest absolute Gasteiger partial charge is 0.201 e. The first kappa shape index (κ1) is 9.04. The van der Waals surface area contributed by atoms with Gasteiger partial charge in [0.2, 0.25) is 5.78 Å². The maximum Gasteiger partial charge on any atom is 0.201 e. The Morgan fingerprint density at radius 3 is 2.50 bits per heavy atom. The summed E-state index contributed by atoms with van der Waals surface area (Å²) in [7, 11) is 0. The number of hydrogen-bond donors (Lipinski definition) is 0. The summed E-state index contributed by atoms with van der Waals surface area (Å²) in [5.74, 6) is 0.963. The average Bonchev–Trinajstić information content (AvgIpc) is 2.53. The van der Waals surface area contributed by atoms with Crippen LogP contribution in [0, 0.1) is 11.8 Å². The highest BCUT2D eigenvalue weighted by molar-refractivity contribution is 5.95. The lowest BCUT2D eigenvalue weighted by Gasteiger charge is -2.11. The first-order valence-corrected chi connectivity index (χ1v) is 4.20. The SMILES string of the molecule is CC(C)C(C)C(=O)c1ccco1. The monoisotopic (exact) mass is 166 g/mol. The zero-order chi connectivity index (χ0) is 9.14. The Kier molecular flexibility index (Phi) is 2.69. The first-order chi connectivity index (χ1) is 5.63. The van der Waals surface area contributed by atoms with E-state index >= 15 is 0 Å². The van der Waals surface area contributed by atoms with Crippen molar-refractivity contribution in [2.75, 3.05) is 0 Å². The summed E-state index contributed by atoms with van der Waals surface area (Å²) >= 11 is 0. The van der Waals surface area contributed by atoms with Gasteiger partial charge in [-0.05, 0) is 18.1 Å². The van der Waals surface area contributed by atoms with Crippen molar-refractivity contribution in [2.24, 2.45) is 11.8 Å². The first-order valence-electron chi connectivity index (χ1n) is 4.20. The molecule has 0 N–H and O–H groups in total. The van der Waals surface area contributed by atoms with E-state index < -0.39 is 0 Å². The normalized spacial score (nSPS) is 13.3. The molecule has 1 heterocycles. The third-order valence-corrected chi connectivity index (χ3v) is 2.18. The molecule has 0 aromatic carbocycles. The molecule has 66 valence electrons. The molecule has 0 aliphatic carbocycles. The van der Waals surface area contributed by atoms with Gasteiger partial charge in [-0.1, -0.05) is 20.8 Å². The fourth-order valence-corrected chi connectivity index (χ4v) is 0.946. The molecule has 0 aliphatic heterocycles. The Bertz CT molecular complexity index is 247. The second-order valence-electron chi connectivity index (χ2n) is 3.37. The van der Waals surface area contributed by atoms with E-state index in [9.17, 15) is 4.79 Å². The lowest BCUT2D eigenvalue weighted by Crippen LogP contribution is -2.16. The molecular weight excluding hydrogens is 152 g/mol. The predicted molar refractivity (Wildman–Crippen MR) is 47.0 cm³/mol. The summed E-state index contributed by atoms with van der Waals surface area (Å²) in [6.45, 7) is 5.99. The summed E-state index contributed by atoms with van der Waals surface area (Å²) in [6.07, 6.45) is 1.53. The second-order valence-corrected chi connectivity index (χ2v) is 3.37. The summed E-state index contributed by atoms with van der Waals surface area (Å²) < 4.78 is 5.02. The molecule has 0 amide bonds. The predicted octanol–water partition coefficient (Wildman–Crippen LogP) is 2.75. The van der Waals surface area contributed by atoms with Gasteiger partial charge in [-0.3, -0.25) is 4.79 Å². The Hall–Kier alpha value is -1.05. The van der Waals surface area contributed by atoms with Crippen molar-refractivity contribution in [1.29, 1.82) is 0 Å². The maximum absolute atomic E-state index is 11.6. The minimum absolute atomic E-state index is 0.0381. The molecule has 0 radical (unpaired) electrons. The van der Waals surface area contributed by atoms with Crippen LogP contribution in [0.2, 0.25) is 0 Å². The highest BCUT2D eigenvalue weighted by Crippen LogP contribution is 2.16. The van der Waals surface area contributed by atoms with E-state index in [1.807, 2.05) is 20.8 Å². The number of rotatable bonds is 3. The summed E-state index contributed by atoms with van der Waals surface area (Å²) in [4.78, 5) is 11.6. The Morgan fingerprint density at radius 1 is 1.42 bits per heavy atom. The number of ketones is 1. The molecule has 0 saturated carbocycles. The highest BCUT2D eigenvalue weighted by atomic mass is 16.3. The molecule has 2 heteroatoms. The van der Waals surface area contributed by atoms with Crippen molar-refractivity contribution >= 4 is 5.78 Å². The Morgan fingerprint density at radius 2 is 2.08 bits per heavy atom. The van der Waals surface area contributed by atoms with Crippen LogP contribution in [0.4, 0.5) is 0 Å². The highest BCUT2D eigenvalue weighted by Gasteiger charge is 2.19. The van der Waals surface area contributed by atoms with Gasteiger partial charge in [-0.2, -0.15) is 0 Å². The van der Waals surface area contributed by atoms with Crippen LogP contribution in [-0.4, -0.2) is 5.78 Å². The molecule has 0 saturated heterocycles. The van der Waals surface area contributed by atoms with Gasteiger partial charge in [0.15, 0.2) is 5.76 Å². The second kappa shape index (κ2) is 3.57. The van der Waals surface area contributed by atoms with Gasteiger partial charge in [0.25, 0.3) is 0 Å². The molecule has 1 aromatic heterocycles. The van der Waals surface area contributed by atoms with Crippen LogP contribution < -0.4 is 0 Å². The van der Waals surface area contributed by atoms with Gasteiger partial charge >= 0.3 is 0 Å². The van der Waals surface area contributed by atoms with Crippen LogP contribution >= 0.6 is 0 Å². The summed E-state index contributed by atoms with van der Waals surface area (Å²) in [5, 5.41) is 0. The number of Topliss-reactive ketones (excluding diaryl/α,β-unsaturated/α-hetero) is 1. The third-order valence-electron chi connectivity index (χ3n) is 2.18. The zero-order valence-electron chi connectivity index (χ0n) is 7.70. The molecule has 0 fully saturated rings. The Labute approximate surface area is 72.6 Å². The standard InChI is InChI=1S/C10H14O2/c1-7(2)8(3)10(11)9-5-4-6-12-9/h4-8H,1-3H3. The van der Waals surface area contributed by atoms with E-state index in [4.69, 9.17) is 4.42 Å². The van der Waals surface area contributed by atoms with Gasteiger partial charge < -0.3 is 4.42 Å². The van der Waals surface area contributed by atoms with E-state index in [0.717, 1.165) is 0 Å². The van der Waals surface area contributed by atoms with Gasteiger partial charge in [0.1, 0.15) is 0 Å². The fourth-order valence-electron chi connectivity index (χ4n) is 0.946. The number of hydrogen-bond acceptors (Lipinski definition) is 2. The van der Waals surface area contributed by atoms with E-state index in [-0.39, 0.29) is 11.7 Å². The average molecular weight is 166 g/mol. The third kappa shape index (κ3) is 1.76. The molecule has 1 rings (SSSR count). The largest absolute Gasteiger partial charge is 0.461 e. The summed E-state index contributed by atoms with van der Waals surface area (Å²) in [5.41, 5.74) is 0. The van der Waals surface area contributed by atoms with Crippen molar-refractivity contribution < 1.29 is 9.21 Å².